The van der Waals surface area contributed by atoms with Gasteiger partial charge >= 0.3 is 5.69 Å². The van der Waals surface area contributed by atoms with E-state index < -0.39 is 0 Å². The second kappa shape index (κ2) is 2.77. The molecule has 0 fully saturated rings. The lowest BCUT2D eigenvalue weighted by atomic mass is 9.93. The van der Waals surface area contributed by atoms with Gasteiger partial charge in [0.15, 0.2) is 0 Å². The molecule has 62 valence electrons. The standard InChI is InChI=1S/C7H12N2OS/c1-7(2,4-11)5-3-8-6(10)9-5/h3,11H,4H2,1-2H3,(H2,8,9,10). The van der Waals surface area contributed by atoms with Crippen molar-refractivity contribution in [2.45, 2.75) is 19.3 Å². The lowest BCUT2D eigenvalue weighted by Gasteiger charge is -2.19. The van der Waals surface area contributed by atoms with E-state index in [9.17, 15) is 4.79 Å². The Labute approximate surface area is 70.6 Å². The van der Waals surface area contributed by atoms with Gasteiger partial charge in [-0.25, -0.2) is 4.79 Å². The van der Waals surface area contributed by atoms with Gasteiger partial charge in [-0.3, -0.25) is 0 Å². The average Bonchev–Trinajstić information content (AvgIpc) is 2.36. The zero-order valence-electron chi connectivity index (χ0n) is 6.64. The van der Waals surface area contributed by atoms with Crippen molar-refractivity contribution in [3.8, 4) is 0 Å². The maximum absolute atomic E-state index is 10.7. The van der Waals surface area contributed by atoms with Crippen LogP contribution in [-0.4, -0.2) is 15.7 Å². The van der Waals surface area contributed by atoms with Gasteiger partial charge in [0.25, 0.3) is 0 Å². The lowest BCUT2D eigenvalue weighted by molar-refractivity contribution is 0.584. The molecule has 0 spiro atoms. The molecular weight excluding hydrogens is 160 g/mol. The first-order valence-corrected chi connectivity index (χ1v) is 4.08. The van der Waals surface area contributed by atoms with E-state index in [1.165, 1.54) is 0 Å². The van der Waals surface area contributed by atoms with Crippen molar-refractivity contribution in [1.29, 1.82) is 0 Å². The zero-order chi connectivity index (χ0) is 8.48. The monoisotopic (exact) mass is 172 g/mol. The molecule has 3 nitrogen and oxygen atoms in total. The Morgan fingerprint density at radius 1 is 1.64 bits per heavy atom. The highest BCUT2D eigenvalue weighted by molar-refractivity contribution is 7.80. The van der Waals surface area contributed by atoms with Crippen LogP contribution >= 0.6 is 12.6 Å². The van der Waals surface area contributed by atoms with Crippen LogP contribution in [0, 0.1) is 0 Å². The minimum atomic E-state index is -0.158. The summed E-state index contributed by atoms with van der Waals surface area (Å²) >= 11 is 4.19. The molecule has 4 heteroatoms. The van der Waals surface area contributed by atoms with Crippen molar-refractivity contribution in [1.82, 2.24) is 9.97 Å². The number of nitrogens with one attached hydrogen (secondary N) is 2. The van der Waals surface area contributed by atoms with Gasteiger partial charge in [-0.15, -0.1) is 0 Å². The van der Waals surface area contributed by atoms with E-state index in [4.69, 9.17) is 0 Å². The fourth-order valence-electron chi connectivity index (χ4n) is 0.782. The molecule has 0 saturated heterocycles. The first-order valence-electron chi connectivity index (χ1n) is 3.45. The third-order valence-electron chi connectivity index (χ3n) is 1.72. The quantitative estimate of drug-likeness (QED) is 0.571. The van der Waals surface area contributed by atoms with Crippen LogP contribution in [0.2, 0.25) is 0 Å². The fraction of sp³-hybridized carbons (Fsp3) is 0.571. The number of imidazole rings is 1. The predicted octanol–water partition coefficient (Wildman–Crippen LogP) is 0.910. The van der Waals surface area contributed by atoms with Crippen molar-refractivity contribution in [3.63, 3.8) is 0 Å². The average molecular weight is 172 g/mol. The first kappa shape index (κ1) is 8.46. The van der Waals surface area contributed by atoms with Crippen molar-refractivity contribution in [3.05, 3.63) is 22.4 Å². The Morgan fingerprint density at radius 3 is 2.64 bits per heavy atom. The Balaban J connectivity index is 3.01. The minimum absolute atomic E-state index is 0.0672. The molecule has 0 aliphatic heterocycles. The third-order valence-corrected chi connectivity index (χ3v) is 2.51. The molecule has 11 heavy (non-hydrogen) atoms. The number of rotatable bonds is 2. The maximum atomic E-state index is 10.7. The molecule has 2 N–H and O–H groups in total. The number of H-pyrrole nitrogens is 2. The van der Waals surface area contributed by atoms with Crippen LogP contribution in [0.25, 0.3) is 0 Å². The molecule has 1 aromatic heterocycles. The summed E-state index contributed by atoms with van der Waals surface area (Å²) in [6, 6.07) is 0. The smallest absolute Gasteiger partial charge is 0.313 e. The number of thiol groups is 1. The molecule has 0 aromatic carbocycles. The highest BCUT2D eigenvalue weighted by atomic mass is 32.1. The highest BCUT2D eigenvalue weighted by Crippen LogP contribution is 2.20. The van der Waals surface area contributed by atoms with Gasteiger partial charge in [0.05, 0.1) is 0 Å². The summed E-state index contributed by atoms with van der Waals surface area (Å²) in [4.78, 5) is 16.0. The van der Waals surface area contributed by atoms with Crippen molar-refractivity contribution in [2.24, 2.45) is 0 Å². The highest BCUT2D eigenvalue weighted by Gasteiger charge is 2.19. The van der Waals surface area contributed by atoms with Gasteiger partial charge in [-0.1, -0.05) is 13.8 Å². The van der Waals surface area contributed by atoms with Crippen LogP contribution in [0.5, 0.6) is 0 Å². The molecule has 0 saturated carbocycles. The van der Waals surface area contributed by atoms with E-state index >= 15 is 0 Å². The molecule has 1 rings (SSSR count). The van der Waals surface area contributed by atoms with E-state index in [1.54, 1.807) is 6.20 Å². The van der Waals surface area contributed by atoms with Crippen LogP contribution in [0.15, 0.2) is 11.0 Å². The summed E-state index contributed by atoms with van der Waals surface area (Å²) in [7, 11) is 0. The van der Waals surface area contributed by atoms with Crippen molar-refractivity contribution < 1.29 is 0 Å². The van der Waals surface area contributed by atoms with Crippen molar-refractivity contribution in [2.75, 3.05) is 5.75 Å². The van der Waals surface area contributed by atoms with Crippen LogP contribution in [-0.2, 0) is 5.41 Å². The van der Waals surface area contributed by atoms with E-state index in [0.29, 0.717) is 5.75 Å². The number of hydrogen-bond donors (Lipinski definition) is 3. The Bertz CT molecular complexity index is 287. The van der Waals surface area contributed by atoms with Gasteiger partial charge in [-0.2, -0.15) is 12.6 Å². The van der Waals surface area contributed by atoms with Crippen molar-refractivity contribution >= 4 is 12.6 Å². The molecule has 0 unspecified atom stereocenters. The zero-order valence-corrected chi connectivity index (χ0v) is 7.53. The molecule has 0 bridgehead atoms. The Morgan fingerprint density at radius 2 is 2.27 bits per heavy atom. The normalized spacial score (nSPS) is 11.9. The van der Waals surface area contributed by atoms with Crippen LogP contribution in [0.3, 0.4) is 0 Å². The molecule has 1 heterocycles. The largest absolute Gasteiger partial charge is 0.323 e. The number of aromatic nitrogens is 2. The van der Waals surface area contributed by atoms with E-state index in [0.717, 1.165) is 5.69 Å². The fourth-order valence-corrected chi connectivity index (χ4v) is 0.952. The minimum Gasteiger partial charge on any atom is -0.313 e. The molecule has 1 aromatic rings. The molecule has 0 atom stereocenters. The SMILES string of the molecule is CC(C)(CS)c1c[nH]c(=O)[nH]1. The summed E-state index contributed by atoms with van der Waals surface area (Å²) in [6.07, 6.45) is 1.69. The van der Waals surface area contributed by atoms with Gasteiger partial charge in [0.2, 0.25) is 0 Å². The van der Waals surface area contributed by atoms with Gasteiger partial charge < -0.3 is 9.97 Å². The maximum Gasteiger partial charge on any atom is 0.323 e. The number of hydrogen-bond acceptors (Lipinski definition) is 2. The second-order valence-electron chi connectivity index (χ2n) is 3.20. The molecule has 0 aliphatic carbocycles. The molecular formula is C7H12N2OS. The van der Waals surface area contributed by atoms with E-state index in [1.807, 2.05) is 13.8 Å². The van der Waals surface area contributed by atoms with E-state index in [2.05, 4.69) is 22.6 Å². The number of aromatic amines is 2. The lowest BCUT2D eigenvalue weighted by Crippen LogP contribution is -2.20. The molecule has 0 radical (unpaired) electrons. The third kappa shape index (κ3) is 1.68. The van der Waals surface area contributed by atoms with Gasteiger partial charge in [0.1, 0.15) is 0 Å². The van der Waals surface area contributed by atoms with Crippen LogP contribution in [0.1, 0.15) is 19.5 Å². The van der Waals surface area contributed by atoms with E-state index in [-0.39, 0.29) is 11.1 Å². The first-order chi connectivity index (χ1) is 5.06. The molecule has 0 aliphatic rings. The Hall–Kier alpha value is -0.640. The summed E-state index contributed by atoms with van der Waals surface area (Å²) in [6.45, 7) is 4.05. The molecule has 0 amide bonds. The van der Waals surface area contributed by atoms with Crippen LogP contribution in [0.4, 0.5) is 0 Å². The second-order valence-corrected chi connectivity index (χ2v) is 3.51. The summed E-state index contributed by atoms with van der Waals surface area (Å²) in [5, 5.41) is 0. The predicted molar refractivity (Wildman–Crippen MR) is 48.3 cm³/mol. The Kier molecular flexibility index (Phi) is 2.13. The summed E-state index contributed by atoms with van der Waals surface area (Å²) < 4.78 is 0. The summed E-state index contributed by atoms with van der Waals surface area (Å²) in [5.41, 5.74) is 0.676. The van der Waals surface area contributed by atoms with Gasteiger partial charge in [-0.05, 0) is 0 Å². The topological polar surface area (TPSA) is 48.6 Å². The van der Waals surface area contributed by atoms with Gasteiger partial charge in [0, 0.05) is 23.1 Å². The summed E-state index contributed by atoms with van der Waals surface area (Å²) in [5.74, 6) is 0.709. The van der Waals surface area contributed by atoms with Crippen LogP contribution < -0.4 is 5.69 Å².